The highest BCUT2D eigenvalue weighted by Crippen LogP contribution is 2.21. The smallest absolute Gasteiger partial charge is 0.273 e. The first-order valence-electron chi connectivity index (χ1n) is 9.12. The van der Waals surface area contributed by atoms with Gasteiger partial charge in [0.1, 0.15) is 0 Å². The van der Waals surface area contributed by atoms with Crippen molar-refractivity contribution in [3.8, 4) is 0 Å². The van der Waals surface area contributed by atoms with Crippen LogP contribution in [-0.2, 0) is 4.79 Å². The molecule has 26 heavy (non-hydrogen) atoms. The minimum atomic E-state index is -2.57. The Bertz CT molecular complexity index is 611. The molecule has 1 amide bonds. The van der Waals surface area contributed by atoms with Gasteiger partial charge in [-0.25, -0.2) is 8.78 Å². The van der Waals surface area contributed by atoms with E-state index in [1.165, 1.54) is 11.1 Å². The summed E-state index contributed by atoms with van der Waals surface area (Å²) in [5, 5.41) is 6.10. The first-order chi connectivity index (χ1) is 12.5. The molecule has 2 aliphatic heterocycles. The van der Waals surface area contributed by atoms with Gasteiger partial charge in [-0.15, -0.1) is 0 Å². The minimum absolute atomic E-state index is 0.0263. The van der Waals surface area contributed by atoms with Crippen LogP contribution in [0.25, 0.3) is 0 Å². The summed E-state index contributed by atoms with van der Waals surface area (Å²) in [7, 11) is 1.64. The van der Waals surface area contributed by atoms with Gasteiger partial charge in [0.2, 0.25) is 5.91 Å². The van der Waals surface area contributed by atoms with Crippen LogP contribution in [0, 0.1) is 0 Å². The summed E-state index contributed by atoms with van der Waals surface area (Å²) in [4.78, 5) is 17.7. The number of hydrogen-bond acceptors (Lipinski definition) is 4. The molecule has 7 heteroatoms. The van der Waals surface area contributed by atoms with Gasteiger partial charge in [-0.05, 0) is 38.3 Å². The first kappa shape index (κ1) is 20.3. The SMILES string of the molecule is CC/C=C\CN(C)C(N=CC1=CCC2=C(CCCNC2=O)CN1)C(F)F. The van der Waals surface area contributed by atoms with E-state index in [1.807, 2.05) is 25.2 Å². The maximum Gasteiger partial charge on any atom is 0.273 e. The molecule has 2 rings (SSSR count). The molecule has 2 aliphatic rings. The van der Waals surface area contributed by atoms with Crippen LogP contribution in [0.2, 0.25) is 0 Å². The molecule has 2 heterocycles. The van der Waals surface area contributed by atoms with Gasteiger partial charge in [-0.3, -0.25) is 14.7 Å². The van der Waals surface area contributed by atoms with E-state index in [4.69, 9.17) is 0 Å². The number of aliphatic imine (C=N–C) groups is 1. The Morgan fingerprint density at radius 2 is 2.15 bits per heavy atom. The molecule has 1 unspecified atom stereocenters. The maximum absolute atomic E-state index is 13.4. The molecule has 1 atom stereocenters. The normalized spacial score (nSPS) is 20.1. The summed E-state index contributed by atoms with van der Waals surface area (Å²) in [5.41, 5.74) is 2.55. The Morgan fingerprint density at radius 1 is 1.35 bits per heavy atom. The number of carbonyl (C=O) groups excluding carboxylic acids is 1. The average Bonchev–Trinajstić information content (AvgIpc) is 2.91. The van der Waals surface area contributed by atoms with Crippen LogP contribution in [0.15, 0.2) is 40.1 Å². The molecule has 0 fully saturated rings. The molecular formula is C19H28F2N4O. The van der Waals surface area contributed by atoms with E-state index in [2.05, 4.69) is 15.6 Å². The van der Waals surface area contributed by atoms with Crippen LogP contribution in [0.1, 0.15) is 32.6 Å². The lowest BCUT2D eigenvalue weighted by molar-refractivity contribution is -0.117. The largest absolute Gasteiger partial charge is 0.380 e. The fraction of sp³-hybridized carbons (Fsp3) is 0.579. The molecular weight excluding hydrogens is 338 g/mol. The predicted octanol–water partition coefficient (Wildman–Crippen LogP) is 2.63. The number of halogens is 2. The Labute approximate surface area is 153 Å². The van der Waals surface area contributed by atoms with Crippen LogP contribution in [0.5, 0.6) is 0 Å². The van der Waals surface area contributed by atoms with Crippen molar-refractivity contribution < 1.29 is 13.6 Å². The zero-order chi connectivity index (χ0) is 18.9. The number of rotatable bonds is 7. The molecule has 0 bridgehead atoms. The molecule has 0 saturated heterocycles. The quantitative estimate of drug-likeness (QED) is 0.538. The monoisotopic (exact) mass is 366 g/mol. The van der Waals surface area contributed by atoms with E-state index in [-0.39, 0.29) is 5.91 Å². The average molecular weight is 366 g/mol. The number of alkyl halides is 2. The number of carbonyl (C=O) groups is 1. The fourth-order valence-corrected chi connectivity index (χ4v) is 2.99. The molecule has 5 nitrogen and oxygen atoms in total. The Morgan fingerprint density at radius 3 is 2.88 bits per heavy atom. The third-order valence-corrected chi connectivity index (χ3v) is 4.51. The molecule has 144 valence electrons. The second-order valence-electron chi connectivity index (χ2n) is 6.50. The van der Waals surface area contributed by atoms with E-state index in [1.54, 1.807) is 7.05 Å². The predicted molar refractivity (Wildman–Crippen MR) is 100 cm³/mol. The zero-order valence-corrected chi connectivity index (χ0v) is 15.5. The highest BCUT2D eigenvalue weighted by atomic mass is 19.3. The molecule has 0 spiro atoms. The highest BCUT2D eigenvalue weighted by Gasteiger charge is 2.23. The number of nitrogens with zero attached hydrogens (tertiary/aromatic N) is 2. The van der Waals surface area contributed by atoms with Crippen molar-refractivity contribution in [2.24, 2.45) is 4.99 Å². The number of nitrogens with one attached hydrogen (secondary N) is 2. The fourth-order valence-electron chi connectivity index (χ4n) is 2.99. The topological polar surface area (TPSA) is 56.7 Å². The van der Waals surface area contributed by atoms with Crippen molar-refractivity contribution in [3.05, 3.63) is 35.1 Å². The number of allylic oxidation sites excluding steroid dienone is 3. The lowest BCUT2D eigenvalue weighted by Crippen LogP contribution is -2.36. The molecule has 0 aromatic carbocycles. The Kier molecular flexibility index (Phi) is 7.97. The van der Waals surface area contributed by atoms with Crippen molar-refractivity contribution in [2.75, 3.05) is 26.7 Å². The second kappa shape index (κ2) is 10.2. The van der Waals surface area contributed by atoms with E-state index < -0.39 is 12.6 Å². The van der Waals surface area contributed by atoms with Crippen molar-refractivity contribution in [1.29, 1.82) is 0 Å². The summed E-state index contributed by atoms with van der Waals surface area (Å²) < 4.78 is 26.7. The molecule has 0 aromatic rings. The number of hydrogen-bond donors (Lipinski definition) is 2. The van der Waals surface area contributed by atoms with Crippen LogP contribution >= 0.6 is 0 Å². The van der Waals surface area contributed by atoms with E-state index in [9.17, 15) is 13.6 Å². The van der Waals surface area contributed by atoms with Gasteiger partial charge in [0, 0.05) is 37.1 Å². The van der Waals surface area contributed by atoms with E-state index in [0.29, 0.717) is 31.8 Å². The van der Waals surface area contributed by atoms with Crippen LogP contribution in [0.3, 0.4) is 0 Å². The summed E-state index contributed by atoms with van der Waals surface area (Å²) >= 11 is 0. The molecule has 0 radical (unpaired) electrons. The third kappa shape index (κ3) is 5.76. The summed E-state index contributed by atoms with van der Waals surface area (Å²) in [6.07, 6.45) is 6.50. The maximum atomic E-state index is 13.4. The van der Waals surface area contributed by atoms with Gasteiger partial charge in [0.25, 0.3) is 6.43 Å². The molecule has 0 aliphatic carbocycles. The Hall–Kier alpha value is -2.02. The highest BCUT2D eigenvalue weighted by molar-refractivity contribution is 5.95. The van der Waals surface area contributed by atoms with Gasteiger partial charge in [0.15, 0.2) is 6.17 Å². The van der Waals surface area contributed by atoms with Gasteiger partial charge >= 0.3 is 0 Å². The lowest BCUT2D eigenvalue weighted by atomic mass is 10.0. The first-order valence-corrected chi connectivity index (χ1v) is 9.12. The zero-order valence-electron chi connectivity index (χ0n) is 15.5. The molecule has 0 aromatic heterocycles. The van der Waals surface area contributed by atoms with Gasteiger partial charge in [-0.2, -0.15) is 0 Å². The van der Waals surface area contributed by atoms with E-state index >= 15 is 0 Å². The van der Waals surface area contributed by atoms with Crippen LogP contribution in [0.4, 0.5) is 8.78 Å². The van der Waals surface area contributed by atoms with Crippen molar-refractivity contribution in [3.63, 3.8) is 0 Å². The lowest BCUT2D eigenvalue weighted by Gasteiger charge is -2.22. The Balaban J connectivity index is 2.03. The van der Waals surface area contributed by atoms with Gasteiger partial charge in [0.05, 0.1) is 0 Å². The van der Waals surface area contributed by atoms with Crippen LogP contribution < -0.4 is 10.6 Å². The minimum Gasteiger partial charge on any atom is -0.380 e. The molecule has 0 saturated carbocycles. The standard InChI is InChI=1S/C19H28F2N4O/c1-3-4-5-11-25(2)18(17(20)21)24-13-15-8-9-16-14(12-23-15)7-6-10-22-19(16)26/h4-5,8,13,17-18,23H,3,6-7,9-12H2,1-2H3,(H,22,26)/b5-4-,24-13?. The summed E-state index contributed by atoms with van der Waals surface area (Å²) in [6.45, 7) is 3.66. The summed E-state index contributed by atoms with van der Waals surface area (Å²) in [5.74, 6) is -0.0263. The van der Waals surface area contributed by atoms with Crippen molar-refractivity contribution >= 4 is 12.1 Å². The summed E-state index contributed by atoms with van der Waals surface area (Å²) in [6, 6.07) is 0. The van der Waals surface area contributed by atoms with Gasteiger partial charge < -0.3 is 10.6 Å². The second-order valence-corrected chi connectivity index (χ2v) is 6.50. The third-order valence-electron chi connectivity index (χ3n) is 4.51. The van der Waals surface area contributed by atoms with Crippen molar-refractivity contribution in [1.82, 2.24) is 15.5 Å². The van der Waals surface area contributed by atoms with Crippen molar-refractivity contribution in [2.45, 2.75) is 45.2 Å². The van der Waals surface area contributed by atoms with E-state index in [0.717, 1.165) is 30.4 Å². The number of likely N-dealkylation sites (N-methyl/N-ethyl adjacent to an activating group) is 1. The molecule has 2 N–H and O–H groups in total. The van der Waals surface area contributed by atoms with Gasteiger partial charge in [-0.1, -0.05) is 25.2 Å². The van der Waals surface area contributed by atoms with Crippen LogP contribution in [-0.4, -0.2) is 56.3 Å². The number of amides is 1.